The fourth-order valence-electron chi connectivity index (χ4n) is 1.84. The summed E-state index contributed by atoms with van der Waals surface area (Å²) in [5.41, 5.74) is -1.79. The van der Waals surface area contributed by atoms with Crippen molar-refractivity contribution in [3.63, 3.8) is 0 Å². The quantitative estimate of drug-likeness (QED) is 0.521. The van der Waals surface area contributed by atoms with Gasteiger partial charge >= 0.3 is 6.16 Å². The number of nitrogens with zero attached hydrogens (tertiary/aromatic N) is 2. The van der Waals surface area contributed by atoms with E-state index in [1.165, 1.54) is 4.57 Å². The lowest BCUT2D eigenvalue weighted by atomic mass is 10.1. The zero-order valence-corrected chi connectivity index (χ0v) is 12.3. The Balaban J connectivity index is 2.96. The lowest BCUT2D eigenvalue weighted by molar-refractivity contribution is 0.143. The Morgan fingerprint density at radius 2 is 2.23 bits per heavy atom. The monoisotopic (exact) mass is 324 g/mol. The van der Waals surface area contributed by atoms with Gasteiger partial charge in [-0.3, -0.25) is 4.79 Å². The molecule has 0 amide bonds. The van der Waals surface area contributed by atoms with Crippen molar-refractivity contribution in [3.05, 3.63) is 33.5 Å². The van der Waals surface area contributed by atoms with E-state index in [4.69, 9.17) is 23.1 Å². The number of fused-ring (bicyclic) bond motifs is 1. The molecule has 0 aliphatic heterocycles. The molecule has 2 rings (SSSR count). The number of halogens is 2. The van der Waals surface area contributed by atoms with Crippen LogP contribution in [0.25, 0.3) is 11.0 Å². The molecule has 0 radical (unpaired) electrons. The second kappa shape index (κ2) is 5.31. The van der Waals surface area contributed by atoms with Crippen molar-refractivity contribution in [1.29, 1.82) is 0 Å². The summed E-state index contributed by atoms with van der Waals surface area (Å²) in [5.74, 6) is 1.04. The summed E-state index contributed by atoms with van der Waals surface area (Å²) in [6, 6.07) is 0.866. The van der Waals surface area contributed by atoms with Crippen molar-refractivity contribution in [1.82, 2.24) is 9.55 Å². The van der Waals surface area contributed by atoms with Crippen LogP contribution in [-0.4, -0.2) is 20.8 Å². The largest absolute Gasteiger partial charge is 0.511 e. The molecule has 1 N–H and O–H groups in total. The Labute approximate surface area is 129 Å². The van der Waals surface area contributed by atoms with Gasteiger partial charge in [0.25, 0.3) is 0 Å². The van der Waals surface area contributed by atoms with Gasteiger partial charge in [-0.25, -0.2) is 14.2 Å². The zero-order valence-electron chi connectivity index (χ0n) is 11.6. The van der Waals surface area contributed by atoms with Crippen LogP contribution in [0.4, 0.5) is 9.18 Å². The summed E-state index contributed by atoms with van der Waals surface area (Å²) in [5, 5.41) is 8.07. The number of carboxylic acid groups (broad SMARTS) is 1. The van der Waals surface area contributed by atoms with Gasteiger partial charge in [0.1, 0.15) is 11.2 Å². The molecule has 2 aromatic heterocycles. The fraction of sp³-hybridized carbons (Fsp3) is 0.214. The zero-order chi connectivity index (χ0) is 16.7. The highest BCUT2D eigenvalue weighted by molar-refractivity contribution is 6.29. The Morgan fingerprint density at radius 3 is 2.77 bits per heavy atom. The van der Waals surface area contributed by atoms with Crippen LogP contribution < -0.4 is 10.2 Å². The van der Waals surface area contributed by atoms with Crippen molar-refractivity contribution in [2.24, 2.45) is 0 Å². The van der Waals surface area contributed by atoms with Gasteiger partial charge in [-0.2, -0.15) is 0 Å². The molecule has 0 atom stereocenters. The number of terminal acetylenes is 1. The molecular weight excluding hydrogens is 315 g/mol. The number of hydrogen-bond donors (Lipinski definition) is 1. The van der Waals surface area contributed by atoms with Crippen molar-refractivity contribution in [3.8, 4) is 18.1 Å². The Morgan fingerprint density at radius 1 is 1.59 bits per heavy atom. The van der Waals surface area contributed by atoms with Gasteiger partial charge in [-0.1, -0.05) is 17.5 Å². The third-order valence-corrected chi connectivity index (χ3v) is 3.27. The predicted octanol–water partition coefficient (Wildman–Crippen LogP) is 2.61. The standard InChI is InChI=1S/C14H10ClFN2O4/c1-4-14(2,3)18-6-9(22-13(20)21)10(19)7-5-8(16)11(15)17-12(7)18/h1,5-6H,2-3H3,(H,20,21). The average Bonchev–Trinajstić information content (AvgIpc) is 2.43. The molecule has 0 unspecified atom stereocenters. The normalized spacial score (nSPS) is 11.2. The van der Waals surface area contributed by atoms with Gasteiger partial charge in [-0.15, -0.1) is 6.42 Å². The van der Waals surface area contributed by atoms with E-state index in [0.29, 0.717) is 0 Å². The van der Waals surface area contributed by atoms with Crippen LogP contribution in [0.15, 0.2) is 17.1 Å². The van der Waals surface area contributed by atoms with Crippen molar-refractivity contribution in [2.75, 3.05) is 0 Å². The molecule has 6 nitrogen and oxygen atoms in total. The predicted molar refractivity (Wildman–Crippen MR) is 77.8 cm³/mol. The van der Waals surface area contributed by atoms with Gasteiger partial charge in [0.05, 0.1) is 11.6 Å². The van der Waals surface area contributed by atoms with Crippen LogP contribution in [0, 0.1) is 18.2 Å². The summed E-state index contributed by atoms with van der Waals surface area (Å²) in [6.07, 6.45) is 4.88. The smallest absolute Gasteiger partial charge is 0.449 e. The number of carbonyl (C=O) groups is 1. The molecule has 0 aromatic carbocycles. The highest BCUT2D eigenvalue weighted by Crippen LogP contribution is 2.25. The number of aromatic nitrogens is 2. The third kappa shape index (κ3) is 2.61. The fourth-order valence-corrected chi connectivity index (χ4v) is 1.97. The summed E-state index contributed by atoms with van der Waals surface area (Å²) in [7, 11) is 0. The molecule has 114 valence electrons. The lowest BCUT2D eigenvalue weighted by Gasteiger charge is -2.24. The first-order chi connectivity index (χ1) is 10.2. The summed E-state index contributed by atoms with van der Waals surface area (Å²) < 4.78 is 19.4. The Kier molecular flexibility index (Phi) is 3.81. The van der Waals surface area contributed by atoms with E-state index < -0.39 is 33.8 Å². The molecule has 0 aliphatic rings. The molecular formula is C14H10ClFN2O4. The molecule has 2 heterocycles. The van der Waals surface area contributed by atoms with Crippen LogP contribution in [0.1, 0.15) is 13.8 Å². The number of pyridine rings is 2. The van der Waals surface area contributed by atoms with Crippen LogP contribution >= 0.6 is 11.6 Å². The van der Waals surface area contributed by atoms with Crippen LogP contribution in [0.3, 0.4) is 0 Å². The molecule has 0 aliphatic carbocycles. The minimum Gasteiger partial charge on any atom is -0.449 e. The molecule has 0 spiro atoms. The first-order valence-corrected chi connectivity index (χ1v) is 6.35. The summed E-state index contributed by atoms with van der Waals surface area (Å²) >= 11 is 5.65. The minimum atomic E-state index is -1.68. The molecule has 0 fully saturated rings. The molecule has 0 saturated heterocycles. The highest BCUT2D eigenvalue weighted by Gasteiger charge is 2.24. The van der Waals surface area contributed by atoms with E-state index in [1.807, 2.05) is 0 Å². The average molecular weight is 325 g/mol. The molecule has 0 saturated carbocycles. The first kappa shape index (κ1) is 15.8. The number of ether oxygens (including phenoxy) is 1. The summed E-state index contributed by atoms with van der Waals surface area (Å²) in [6.45, 7) is 3.25. The topological polar surface area (TPSA) is 81.4 Å². The maximum atomic E-state index is 13.6. The van der Waals surface area contributed by atoms with Crippen molar-refractivity contribution in [2.45, 2.75) is 19.4 Å². The van der Waals surface area contributed by atoms with E-state index in [9.17, 15) is 14.0 Å². The summed E-state index contributed by atoms with van der Waals surface area (Å²) in [4.78, 5) is 26.7. The molecule has 0 bridgehead atoms. The minimum absolute atomic E-state index is 0.0251. The van der Waals surface area contributed by atoms with Crippen molar-refractivity contribution < 1.29 is 19.0 Å². The molecule has 2 aromatic rings. The Bertz CT molecular complexity index is 883. The van der Waals surface area contributed by atoms with Gasteiger partial charge in [0.2, 0.25) is 5.43 Å². The number of rotatable bonds is 2. The first-order valence-electron chi connectivity index (χ1n) is 5.98. The maximum absolute atomic E-state index is 13.6. The van der Waals surface area contributed by atoms with Gasteiger partial charge in [0.15, 0.2) is 16.7 Å². The number of hydrogen-bond acceptors (Lipinski definition) is 4. The van der Waals surface area contributed by atoms with E-state index >= 15 is 0 Å². The van der Waals surface area contributed by atoms with Gasteiger partial charge in [0, 0.05) is 0 Å². The second-order valence-electron chi connectivity index (χ2n) is 4.90. The van der Waals surface area contributed by atoms with E-state index in [1.54, 1.807) is 13.8 Å². The molecule has 22 heavy (non-hydrogen) atoms. The van der Waals surface area contributed by atoms with Crippen LogP contribution in [0.2, 0.25) is 5.15 Å². The van der Waals surface area contributed by atoms with E-state index in [0.717, 1.165) is 12.3 Å². The van der Waals surface area contributed by atoms with Crippen LogP contribution in [-0.2, 0) is 5.54 Å². The highest BCUT2D eigenvalue weighted by atomic mass is 35.5. The van der Waals surface area contributed by atoms with Crippen molar-refractivity contribution >= 4 is 28.8 Å². The van der Waals surface area contributed by atoms with Gasteiger partial charge in [-0.05, 0) is 19.9 Å². The third-order valence-electron chi connectivity index (χ3n) is 3.01. The van der Waals surface area contributed by atoms with Crippen LogP contribution in [0.5, 0.6) is 5.75 Å². The SMILES string of the molecule is C#CC(C)(C)n1cc(OC(=O)O)c(=O)c2cc(F)c(Cl)nc21. The molecule has 8 heteroatoms. The van der Waals surface area contributed by atoms with Gasteiger partial charge < -0.3 is 14.4 Å². The van der Waals surface area contributed by atoms with E-state index in [2.05, 4.69) is 15.6 Å². The second-order valence-corrected chi connectivity index (χ2v) is 5.25. The van der Waals surface area contributed by atoms with E-state index in [-0.39, 0.29) is 11.0 Å². The Hall–Kier alpha value is -2.59. The lowest BCUT2D eigenvalue weighted by Crippen LogP contribution is -2.28. The maximum Gasteiger partial charge on any atom is 0.511 e.